The zero-order chi connectivity index (χ0) is 28.1. The fraction of sp³-hybridized carbons (Fsp3) is 0.700. The first-order valence-electron chi connectivity index (χ1n) is 14.6. The molecule has 1 aliphatic heterocycles. The molecule has 1 aromatic carbocycles. The van der Waals surface area contributed by atoms with Crippen LogP contribution >= 0.6 is 0 Å². The third-order valence-electron chi connectivity index (χ3n) is 7.91. The van der Waals surface area contributed by atoms with E-state index in [2.05, 4.69) is 62.2 Å². The van der Waals surface area contributed by atoms with Crippen LogP contribution < -0.4 is 5.32 Å². The summed E-state index contributed by atoms with van der Waals surface area (Å²) in [6.07, 6.45) is 3.96. The Balaban J connectivity index is 1.92. The highest BCUT2D eigenvalue weighted by molar-refractivity contribution is 6.03. The number of carbonyl (C=O) groups is 3. The first kappa shape index (κ1) is 31.8. The molecule has 38 heavy (non-hydrogen) atoms. The van der Waals surface area contributed by atoms with Gasteiger partial charge in [-0.15, -0.1) is 0 Å². The third-order valence-corrected chi connectivity index (χ3v) is 7.91. The number of nitrogens with one attached hydrogen (secondary N) is 1. The summed E-state index contributed by atoms with van der Waals surface area (Å²) in [7, 11) is 0. The van der Waals surface area contributed by atoms with Gasteiger partial charge in [-0.3, -0.25) is 9.59 Å². The fourth-order valence-corrected chi connectivity index (χ4v) is 5.13. The van der Waals surface area contributed by atoms with Gasteiger partial charge in [0.15, 0.2) is 6.23 Å². The monoisotopic (exact) mass is 530 g/mol. The quantitative estimate of drug-likeness (QED) is 0.235. The van der Waals surface area contributed by atoms with Crippen molar-refractivity contribution in [2.45, 2.75) is 86.3 Å². The van der Waals surface area contributed by atoms with Crippen LogP contribution in [0.2, 0.25) is 0 Å². The number of ether oxygens (including phenoxy) is 1. The van der Waals surface area contributed by atoms with E-state index in [1.54, 1.807) is 0 Å². The number of likely N-dealkylation sites (tertiary alicyclic amines) is 1. The Kier molecular flexibility index (Phi) is 13.2. The summed E-state index contributed by atoms with van der Waals surface area (Å²) in [4.78, 5) is 44.4. The van der Waals surface area contributed by atoms with Crippen molar-refractivity contribution in [3.05, 3.63) is 35.4 Å². The average molecular weight is 531 g/mol. The van der Waals surface area contributed by atoms with Gasteiger partial charge in [0.05, 0.1) is 5.41 Å². The molecular weight excluding hydrogens is 480 g/mol. The number of carbonyl (C=O) groups excluding carboxylic acids is 3. The zero-order valence-corrected chi connectivity index (χ0v) is 24.6. The lowest BCUT2D eigenvalue weighted by atomic mass is 9.72. The van der Waals surface area contributed by atoms with E-state index in [4.69, 9.17) is 4.74 Å². The summed E-state index contributed by atoms with van der Waals surface area (Å²) >= 11 is 0. The smallest absolute Gasteiger partial charge is 0.326 e. The van der Waals surface area contributed by atoms with Crippen LogP contribution in [0.25, 0.3) is 0 Å². The molecule has 8 nitrogen and oxygen atoms in total. The van der Waals surface area contributed by atoms with Crippen molar-refractivity contribution in [2.24, 2.45) is 5.41 Å². The molecule has 0 unspecified atom stereocenters. The Hall–Kier alpha value is -2.45. The van der Waals surface area contributed by atoms with Crippen LogP contribution in [0, 0.1) is 12.3 Å². The molecule has 2 rings (SSSR count). The summed E-state index contributed by atoms with van der Waals surface area (Å²) < 4.78 is 6.06. The molecule has 0 aliphatic carbocycles. The minimum Gasteiger partial charge on any atom is -0.347 e. The number of urea groups is 1. The number of hydrogen-bond donors (Lipinski definition) is 1. The molecule has 4 amide bonds. The molecule has 1 aromatic rings. The maximum atomic E-state index is 13.1. The van der Waals surface area contributed by atoms with Gasteiger partial charge in [-0.1, -0.05) is 64.4 Å². The van der Waals surface area contributed by atoms with E-state index in [1.807, 2.05) is 18.7 Å². The molecule has 8 heteroatoms. The number of hydrogen-bond acceptors (Lipinski definition) is 5. The summed E-state index contributed by atoms with van der Waals surface area (Å²) in [5.41, 5.74) is 1.76. The minimum absolute atomic E-state index is 0.101. The highest BCUT2D eigenvalue weighted by atomic mass is 16.5. The lowest BCUT2D eigenvalue weighted by Gasteiger charge is -2.53. The lowest BCUT2D eigenvalue weighted by molar-refractivity contribution is -0.212. The van der Waals surface area contributed by atoms with Crippen molar-refractivity contribution >= 4 is 17.8 Å². The molecule has 1 N–H and O–H groups in total. The number of imide groups is 1. The normalized spacial score (nSPS) is 16.4. The summed E-state index contributed by atoms with van der Waals surface area (Å²) in [6.45, 7) is 16.6. The molecule has 0 aromatic heterocycles. The Labute approximate surface area is 230 Å². The van der Waals surface area contributed by atoms with E-state index in [0.29, 0.717) is 32.5 Å². The predicted octanol–water partition coefficient (Wildman–Crippen LogP) is 4.60. The van der Waals surface area contributed by atoms with E-state index in [1.165, 1.54) is 16.0 Å². The number of rotatable bonds is 17. The van der Waals surface area contributed by atoms with E-state index in [0.717, 1.165) is 45.3 Å². The molecule has 1 aliphatic rings. The van der Waals surface area contributed by atoms with Gasteiger partial charge in [-0.25, -0.2) is 9.69 Å². The summed E-state index contributed by atoms with van der Waals surface area (Å²) in [6, 6.07) is 8.05. The van der Waals surface area contributed by atoms with Crippen LogP contribution in [0.1, 0.15) is 77.8 Å². The Morgan fingerprint density at radius 1 is 0.974 bits per heavy atom. The van der Waals surface area contributed by atoms with Crippen molar-refractivity contribution in [3.8, 4) is 0 Å². The molecule has 214 valence electrons. The van der Waals surface area contributed by atoms with Crippen molar-refractivity contribution in [3.63, 3.8) is 0 Å². The van der Waals surface area contributed by atoms with E-state index < -0.39 is 17.7 Å². The average Bonchev–Trinajstić information content (AvgIpc) is 2.92. The Morgan fingerprint density at radius 2 is 1.63 bits per heavy atom. The van der Waals surface area contributed by atoms with E-state index in [9.17, 15) is 14.4 Å². The van der Waals surface area contributed by atoms with Crippen molar-refractivity contribution in [2.75, 3.05) is 45.9 Å². The molecule has 0 spiro atoms. The Bertz CT molecular complexity index is 881. The first-order chi connectivity index (χ1) is 18.3. The second-order valence-electron chi connectivity index (χ2n) is 10.3. The molecule has 0 saturated carbocycles. The lowest BCUT2D eigenvalue weighted by Crippen LogP contribution is -2.72. The first-order valence-corrected chi connectivity index (χ1v) is 14.6. The topological polar surface area (TPSA) is 82.2 Å². The zero-order valence-electron chi connectivity index (χ0n) is 24.6. The van der Waals surface area contributed by atoms with E-state index >= 15 is 0 Å². The van der Waals surface area contributed by atoms with Crippen LogP contribution in [0.3, 0.4) is 0 Å². The highest BCUT2D eigenvalue weighted by Crippen LogP contribution is 2.45. The second kappa shape index (κ2) is 15.8. The molecule has 0 radical (unpaired) electrons. The number of amides is 4. The van der Waals surface area contributed by atoms with Gasteiger partial charge in [0.25, 0.3) is 0 Å². The number of unbranched alkanes of at least 4 members (excludes halogenated alkanes) is 1. The van der Waals surface area contributed by atoms with Crippen molar-refractivity contribution in [1.82, 2.24) is 20.0 Å². The second-order valence-corrected chi connectivity index (χ2v) is 10.3. The van der Waals surface area contributed by atoms with Crippen LogP contribution in [-0.4, -0.2) is 84.6 Å². The predicted molar refractivity (Wildman–Crippen MR) is 152 cm³/mol. The van der Waals surface area contributed by atoms with Gasteiger partial charge in [0.1, 0.15) is 6.61 Å². The maximum Gasteiger partial charge on any atom is 0.326 e. The minimum atomic E-state index is -0.764. The number of aryl methyl sites for hydroxylation is 2. The molecule has 1 saturated heterocycles. The largest absolute Gasteiger partial charge is 0.347 e. The van der Waals surface area contributed by atoms with E-state index in [-0.39, 0.29) is 18.4 Å². The molecular formula is C30H50N4O4. The van der Waals surface area contributed by atoms with Crippen LogP contribution in [-0.2, 0) is 20.7 Å². The highest BCUT2D eigenvalue weighted by Gasteiger charge is 2.62. The standard InChI is InChI=1S/C30H50N4O4/c1-7-20-33(22-21-32(10-4)11-5)26(35)23-38-28-30(8-2,9-3)27(36)34(28)29(37)31-19-13-12-14-25-17-15-24(6)16-18-25/h15-18,28H,7-14,19-23H2,1-6H3,(H,31,37)/t28-/m0/s1. The fourth-order valence-electron chi connectivity index (χ4n) is 5.13. The van der Waals surface area contributed by atoms with Gasteiger partial charge in [-0.2, -0.15) is 0 Å². The number of β-lactam (4-membered cyclic amide) rings is 1. The molecule has 0 bridgehead atoms. The SMILES string of the molecule is CCCN(CCN(CC)CC)C(=O)CO[C@@H]1N(C(=O)NCCCCc2ccc(C)cc2)C(=O)C1(CC)CC. The van der Waals surface area contributed by atoms with Crippen molar-refractivity contribution < 1.29 is 19.1 Å². The molecule has 1 atom stereocenters. The van der Waals surface area contributed by atoms with Gasteiger partial charge < -0.3 is 19.9 Å². The van der Waals surface area contributed by atoms with Gasteiger partial charge in [0, 0.05) is 26.2 Å². The number of nitrogens with zero attached hydrogens (tertiary/aromatic N) is 3. The van der Waals surface area contributed by atoms with Gasteiger partial charge in [-0.05, 0) is 64.1 Å². The van der Waals surface area contributed by atoms with Crippen LogP contribution in [0.4, 0.5) is 4.79 Å². The number of likely N-dealkylation sites (N-methyl/N-ethyl adjacent to an activating group) is 1. The number of benzene rings is 1. The maximum absolute atomic E-state index is 13.1. The Morgan fingerprint density at radius 3 is 2.21 bits per heavy atom. The van der Waals surface area contributed by atoms with Crippen LogP contribution in [0.15, 0.2) is 24.3 Å². The summed E-state index contributed by atoms with van der Waals surface area (Å²) in [5.74, 6) is -0.319. The van der Waals surface area contributed by atoms with Gasteiger partial charge >= 0.3 is 6.03 Å². The van der Waals surface area contributed by atoms with Crippen molar-refractivity contribution in [1.29, 1.82) is 0 Å². The summed E-state index contributed by atoms with van der Waals surface area (Å²) in [5, 5.41) is 2.89. The third kappa shape index (κ3) is 8.03. The molecule has 1 heterocycles. The molecule has 1 fully saturated rings. The van der Waals surface area contributed by atoms with Crippen LogP contribution in [0.5, 0.6) is 0 Å². The van der Waals surface area contributed by atoms with Gasteiger partial charge in [0.2, 0.25) is 11.8 Å².